The van der Waals surface area contributed by atoms with E-state index in [1.165, 1.54) is 6.92 Å². The van der Waals surface area contributed by atoms with Crippen LogP contribution in [0.4, 0.5) is 0 Å². The Morgan fingerprint density at radius 3 is 2.00 bits per heavy atom. The zero-order valence-corrected chi connectivity index (χ0v) is 8.65. The van der Waals surface area contributed by atoms with Crippen molar-refractivity contribution in [2.24, 2.45) is 5.92 Å². The Labute approximate surface area is 83.0 Å². The molecule has 0 aromatic rings. The van der Waals surface area contributed by atoms with Gasteiger partial charge in [-0.3, -0.25) is 4.79 Å². The number of hydrogen-bond acceptors (Lipinski definition) is 5. The lowest BCUT2D eigenvalue weighted by Gasteiger charge is -2.15. The predicted octanol–water partition coefficient (Wildman–Crippen LogP) is 0.110. The summed E-state index contributed by atoms with van der Waals surface area (Å²) in [6, 6.07) is 0. The van der Waals surface area contributed by atoms with E-state index in [2.05, 4.69) is 9.47 Å². The van der Waals surface area contributed by atoms with Gasteiger partial charge in [-0.15, -0.1) is 0 Å². The smallest absolute Gasteiger partial charge is 0.335 e. The summed E-state index contributed by atoms with van der Waals surface area (Å²) < 4.78 is 9.20. The largest absolute Gasteiger partial charge is 0.466 e. The molecule has 0 aliphatic carbocycles. The molecular weight excluding hydrogens is 188 g/mol. The number of aliphatic hydroxyl groups excluding tert-OH is 1. The highest BCUT2D eigenvalue weighted by Gasteiger charge is 2.30. The van der Waals surface area contributed by atoms with Gasteiger partial charge in [0.15, 0.2) is 6.10 Å². The van der Waals surface area contributed by atoms with Crippen molar-refractivity contribution < 1.29 is 24.2 Å². The maximum absolute atomic E-state index is 11.1. The zero-order valence-electron chi connectivity index (χ0n) is 8.65. The third kappa shape index (κ3) is 3.74. The normalized spacial score (nSPS) is 14.3. The summed E-state index contributed by atoms with van der Waals surface area (Å²) in [6.45, 7) is 5.09. The van der Waals surface area contributed by atoms with Crippen molar-refractivity contribution in [2.75, 3.05) is 13.2 Å². The fourth-order valence-electron chi connectivity index (χ4n) is 0.834. The lowest BCUT2D eigenvalue weighted by atomic mass is 10.1. The molecule has 1 unspecified atom stereocenters. The van der Waals surface area contributed by atoms with E-state index in [4.69, 9.17) is 0 Å². The monoisotopic (exact) mass is 204 g/mol. The third-order valence-electron chi connectivity index (χ3n) is 1.66. The summed E-state index contributed by atoms with van der Waals surface area (Å²) in [5.41, 5.74) is 0. The summed E-state index contributed by atoms with van der Waals surface area (Å²) in [5, 5.41) is 9.34. The molecule has 0 rings (SSSR count). The van der Waals surface area contributed by atoms with Crippen molar-refractivity contribution in [2.45, 2.75) is 26.9 Å². The fourth-order valence-corrected chi connectivity index (χ4v) is 0.834. The van der Waals surface area contributed by atoms with E-state index >= 15 is 0 Å². The second-order valence-electron chi connectivity index (χ2n) is 2.74. The summed E-state index contributed by atoms with van der Waals surface area (Å²) in [6.07, 6.45) is -1.45. The highest BCUT2D eigenvalue weighted by molar-refractivity contribution is 5.83. The van der Waals surface area contributed by atoms with Crippen LogP contribution in [0.25, 0.3) is 0 Å². The number of hydrogen-bond donors (Lipinski definition) is 1. The lowest BCUT2D eigenvalue weighted by Crippen LogP contribution is -2.35. The van der Waals surface area contributed by atoms with Gasteiger partial charge in [-0.2, -0.15) is 0 Å². The van der Waals surface area contributed by atoms with Crippen LogP contribution in [0.1, 0.15) is 20.8 Å². The van der Waals surface area contributed by atoms with Crippen molar-refractivity contribution in [3.05, 3.63) is 0 Å². The Kier molecular flexibility index (Phi) is 5.87. The number of aliphatic hydroxyl groups is 1. The van der Waals surface area contributed by atoms with Crippen LogP contribution < -0.4 is 0 Å². The number of rotatable bonds is 5. The van der Waals surface area contributed by atoms with E-state index < -0.39 is 24.0 Å². The molecule has 5 nitrogen and oxygen atoms in total. The number of carbonyl (C=O) groups excluding carboxylic acids is 2. The molecule has 1 N–H and O–H groups in total. The first-order valence-electron chi connectivity index (χ1n) is 4.55. The Morgan fingerprint density at radius 1 is 1.14 bits per heavy atom. The topological polar surface area (TPSA) is 72.8 Å². The fraction of sp³-hybridized carbons (Fsp3) is 0.778. The second-order valence-corrected chi connectivity index (χ2v) is 2.74. The maximum Gasteiger partial charge on any atom is 0.335 e. The van der Waals surface area contributed by atoms with Crippen molar-refractivity contribution in [3.63, 3.8) is 0 Å². The molecule has 0 amide bonds. The minimum absolute atomic E-state index is 0.172. The Balaban J connectivity index is 4.16. The molecule has 0 radical (unpaired) electrons. The standard InChI is InChI=1S/C9H16O5/c1-4-13-8(11)6(3)7(10)9(12)14-5-2/h6-7,10H,4-5H2,1-3H3/t6-,7?/m1/s1. The first-order valence-corrected chi connectivity index (χ1v) is 4.55. The van der Waals surface area contributed by atoms with Crippen LogP contribution in [0, 0.1) is 5.92 Å². The highest BCUT2D eigenvalue weighted by atomic mass is 16.6. The van der Waals surface area contributed by atoms with Gasteiger partial charge in [0.05, 0.1) is 19.1 Å². The van der Waals surface area contributed by atoms with Crippen LogP contribution in [-0.4, -0.2) is 36.4 Å². The van der Waals surface area contributed by atoms with Crippen molar-refractivity contribution >= 4 is 11.9 Å². The van der Waals surface area contributed by atoms with Gasteiger partial charge in [-0.25, -0.2) is 4.79 Å². The van der Waals surface area contributed by atoms with Gasteiger partial charge in [0.1, 0.15) is 0 Å². The van der Waals surface area contributed by atoms with Gasteiger partial charge in [-0.1, -0.05) is 0 Å². The van der Waals surface area contributed by atoms with Crippen LogP contribution in [0.3, 0.4) is 0 Å². The van der Waals surface area contributed by atoms with Crippen molar-refractivity contribution in [3.8, 4) is 0 Å². The molecule has 5 heteroatoms. The Bertz CT molecular complexity index is 179. The molecular formula is C9H16O5. The van der Waals surface area contributed by atoms with Crippen molar-refractivity contribution in [1.82, 2.24) is 0 Å². The minimum Gasteiger partial charge on any atom is -0.466 e. The molecule has 0 aromatic heterocycles. The molecule has 0 aromatic carbocycles. The SMILES string of the molecule is CCOC(=O)C(O)[C@@H](C)C(=O)OCC. The molecule has 82 valence electrons. The molecule has 0 saturated heterocycles. The number of esters is 2. The molecule has 0 heterocycles. The second kappa shape index (κ2) is 6.37. The molecule has 0 bridgehead atoms. The van der Waals surface area contributed by atoms with Gasteiger partial charge in [0, 0.05) is 0 Å². The molecule has 0 aliphatic heterocycles. The van der Waals surface area contributed by atoms with E-state index in [1.54, 1.807) is 13.8 Å². The third-order valence-corrected chi connectivity index (χ3v) is 1.66. The Morgan fingerprint density at radius 2 is 1.57 bits per heavy atom. The Hall–Kier alpha value is -1.10. The van der Waals surface area contributed by atoms with Crippen LogP contribution in [0.2, 0.25) is 0 Å². The average Bonchev–Trinajstić information content (AvgIpc) is 2.16. The first-order chi connectivity index (χ1) is 6.54. The van der Waals surface area contributed by atoms with Crippen LogP contribution in [0.15, 0.2) is 0 Å². The lowest BCUT2D eigenvalue weighted by molar-refractivity contribution is -0.165. The van der Waals surface area contributed by atoms with E-state index in [-0.39, 0.29) is 13.2 Å². The van der Waals surface area contributed by atoms with E-state index in [9.17, 15) is 14.7 Å². The number of ether oxygens (including phenoxy) is 2. The van der Waals surface area contributed by atoms with Crippen LogP contribution >= 0.6 is 0 Å². The van der Waals surface area contributed by atoms with Crippen LogP contribution in [0.5, 0.6) is 0 Å². The highest BCUT2D eigenvalue weighted by Crippen LogP contribution is 2.07. The van der Waals surface area contributed by atoms with Gasteiger partial charge in [0.25, 0.3) is 0 Å². The van der Waals surface area contributed by atoms with E-state index in [0.717, 1.165) is 0 Å². The zero-order chi connectivity index (χ0) is 11.1. The molecule has 0 aliphatic rings. The molecule has 0 spiro atoms. The van der Waals surface area contributed by atoms with Gasteiger partial charge < -0.3 is 14.6 Å². The summed E-state index contributed by atoms with van der Waals surface area (Å²) >= 11 is 0. The van der Waals surface area contributed by atoms with E-state index in [1.807, 2.05) is 0 Å². The minimum atomic E-state index is -1.45. The van der Waals surface area contributed by atoms with E-state index in [0.29, 0.717) is 0 Å². The molecule has 0 saturated carbocycles. The molecule has 14 heavy (non-hydrogen) atoms. The quantitative estimate of drug-likeness (QED) is 0.643. The average molecular weight is 204 g/mol. The summed E-state index contributed by atoms with van der Waals surface area (Å²) in [5.74, 6) is -2.30. The maximum atomic E-state index is 11.1. The number of carbonyl (C=O) groups is 2. The first kappa shape index (κ1) is 12.9. The van der Waals surface area contributed by atoms with Crippen molar-refractivity contribution in [1.29, 1.82) is 0 Å². The predicted molar refractivity (Wildman–Crippen MR) is 48.4 cm³/mol. The van der Waals surface area contributed by atoms with Gasteiger partial charge in [0.2, 0.25) is 0 Å². The van der Waals surface area contributed by atoms with Gasteiger partial charge >= 0.3 is 11.9 Å². The summed E-state index contributed by atoms with van der Waals surface area (Å²) in [7, 11) is 0. The molecule has 0 fully saturated rings. The summed E-state index contributed by atoms with van der Waals surface area (Å²) in [4.78, 5) is 22.1. The van der Waals surface area contributed by atoms with Gasteiger partial charge in [-0.05, 0) is 20.8 Å². The molecule has 2 atom stereocenters. The van der Waals surface area contributed by atoms with Crippen LogP contribution in [-0.2, 0) is 19.1 Å².